The van der Waals surface area contributed by atoms with Crippen molar-refractivity contribution >= 4 is 11.4 Å². The topological polar surface area (TPSA) is 107 Å². The van der Waals surface area contributed by atoms with Crippen molar-refractivity contribution in [3.8, 4) is 5.75 Å². The molecule has 1 aromatic carbocycles. The Kier molecular flexibility index (Phi) is 2.90. The number of phenols is 1. The molecule has 1 aromatic rings. The van der Waals surface area contributed by atoms with Crippen LogP contribution in [0.15, 0.2) is 12.1 Å². The molecule has 0 aliphatic rings. The van der Waals surface area contributed by atoms with Crippen LogP contribution in [0.1, 0.15) is 5.56 Å². The predicted octanol–water partition coefficient (Wildman–Crippen LogP) is 2.23. The summed E-state index contributed by atoms with van der Waals surface area (Å²) in [6.07, 6.45) is -5.27. The van der Waals surface area contributed by atoms with Gasteiger partial charge in [0, 0.05) is 0 Å². The molecule has 10 heteroatoms. The summed E-state index contributed by atoms with van der Waals surface area (Å²) in [6.45, 7) is 0. The van der Waals surface area contributed by atoms with Gasteiger partial charge in [0.2, 0.25) is 5.56 Å². The van der Waals surface area contributed by atoms with Crippen molar-refractivity contribution in [3.05, 3.63) is 37.9 Å². The standard InChI is InChI=1S/C7H3F3N2O5/c8-7(9,10)6-4(11(14)15)1-3(13)2-5(6)12(16)17/h1-2,13H. The number of aromatic hydroxyl groups is 1. The molecule has 1 rings (SSSR count). The molecule has 0 saturated carbocycles. The van der Waals surface area contributed by atoms with Crippen molar-refractivity contribution in [1.29, 1.82) is 0 Å². The first kappa shape index (κ1) is 12.7. The Morgan fingerprint density at radius 1 is 1.06 bits per heavy atom. The van der Waals surface area contributed by atoms with Crippen LogP contribution in [0.5, 0.6) is 5.75 Å². The van der Waals surface area contributed by atoms with Gasteiger partial charge in [0.1, 0.15) is 5.75 Å². The number of phenolic OH excluding ortho intramolecular Hbond substituents is 1. The fourth-order valence-corrected chi connectivity index (χ4v) is 1.18. The third-order valence-corrected chi connectivity index (χ3v) is 1.76. The van der Waals surface area contributed by atoms with Crippen molar-refractivity contribution in [2.75, 3.05) is 0 Å². The van der Waals surface area contributed by atoms with Crippen molar-refractivity contribution in [3.63, 3.8) is 0 Å². The summed E-state index contributed by atoms with van der Waals surface area (Å²) in [7, 11) is 0. The van der Waals surface area contributed by atoms with Gasteiger partial charge in [-0.15, -0.1) is 0 Å². The van der Waals surface area contributed by atoms with E-state index in [1.165, 1.54) is 0 Å². The van der Waals surface area contributed by atoms with Gasteiger partial charge < -0.3 is 5.11 Å². The zero-order valence-electron chi connectivity index (χ0n) is 7.76. The van der Waals surface area contributed by atoms with E-state index >= 15 is 0 Å². The first-order valence-corrected chi connectivity index (χ1v) is 3.87. The first-order valence-electron chi connectivity index (χ1n) is 3.87. The molecule has 0 fully saturated rings. The highest BCUT2D eigenvalue weighted by atomic mass is 19.4. The van der Waals surface area contributed by atoms with Gasteiger partial charge in [-0.3, -0.25) is 20.2 Å². The third kappa shape index (κ3) is 2.41. The number of benzene rings is 1. The average molecular weight is 252 g/mol. The monoisotopic (exact) mass is 252 g/mol. The molecule has 0 aliphatic carbocycles. The maximum atomic E-state index is 12.5. The van der Waals surface area contributed by atoms with Crippen LogP contribution in [-0.2, 0) is 6.18 Å². The van der Waals surface area contributed by atoms with Crippen LogP contribution in [0, 0.1) is 20.2 Å². The molecule has 92 valence electrons. The van der Waals surface area contributed by atoms with Crippen LogP contribution in [0.4, 0.5) is 24.5 Å². The second kappa shape index (κ2) is 3.88. The van der Waals surface area contributed by atoms with Crippen LogP contribution in [0.25, 0.3) is 0 Å². The van der Waals surface area contributed by atoms with Gasteiger partial charge in [-0.05, 0) is 0 Å². The molecular formula is C7H3F3N2O5. The maximum absolute atomic E-state index is 12.5. The van der Waals surface area contributed by atoms with E-state index in [1.807, 2.05) is 0 Å². The van der Waals surface area contributed by atoms with Gasteiger partial charge in [-0.2, -0.15) is 13.2 Å². The minimum Gasteiger partial charge on any atom is -0.507 e. The first-order chi connectivity index (χ1) is 7.64. The minimum absolute atomic E-state index is 0.204. The van der Waals surface area contributed by atoms with E-state index in [1.54, 1.807) is 0 Å². The summed E-state index contributed by atoms with van der Waals surface area (Å²) in [6, 6.07) is 0.408. The lowest BCUT2D eigenvalue weighted by Crippen LogP contribution is -2.12. The summed E-state index contributed by atoms with van der Waals surface area (Å²) in [4.78, 5) is 17.8. The summed E-state index contributed by atoms with van der Waals surface area (Å²) >= 11 is 0. The zero-order valence-corrected chi connectivity index (χ0v) is 7.76. The second-order valence-corrected chi connectivity index (χ2v) is 2.87. The van der Waals surface area contributed by atoms with Crippen molar-refractivity contribution < 1.29 is 28.1 Å². The molecule has 0 heterocycles. The van der Waals surface area contributed by atoms with E-state index in [0.29, 0.717) is 0 Å². The summed E-state index contributed by atoms with van der Waals surface area (Å²) in [5.74, 6) is -0.989. The van der Waals surface area contributed by atoms with Gasteiger partial charge >= 0.3 is 6.18 Å². The average Bonchev–Trinajstić information content (AvgIpc) is 2.14. The van der Waals surface area contributed by atoms with Gasteiger partial charge in [0.25, 0.3) is 11.4 Å². The van der Waals surface area contributed by atoms with Crippen LogP contribution in [0.2, 0.25) is 0 Å². The Labute approximate surface area is 90.4 Å². The van der Waals surface area contributed by atoms with Crippen molar-refractivity contribution in [2.45, 2.75) is 6.18 Å². The molecule has 0 unspecified atom stereocenters. The fourth-order valence-electron chi connectivity index (χ4n) is 1.18. The molecule has 0 spiro atoms. The lowest BCUT2D eigenvalue weighted by Gasteiger charge is -2.08. The molecule has 1 N–H and O–H groups in total. The molecule has 0 saturated heterocycles. The maximum Gasteiger partial charge on any atom is 0.429 e. The van der Waals surface area contributed by atoms with E-state index in [9.17, 15) is 33.4 Å². The lowest BCUT2D eigenvalue weighted by atomic mass is 10.1. The summed E-state index contributed by atoms with van der Waals surface area (Å²) < 4.78 is 37.4. The summed E-state index contributed by atoms with van der Waals surface area (Å²) in [5, 5.41) is 29.6. The van der Waals surface area contributed by atoms with Crippen LogP contribution < -0.4 is 0 Å². The SMILES string of the molecule is O=[N+]([O-])c1cc(O)cc([N+](=O)[O-])c1C(F)(F)F. The van der Waals surface area contributed by atoms with Gasteiger partial charge in [-0.1, -0.05) is 0 Å². The summed E-state index contributed by atoms with van der Waals surface area (Å²) in [5.41, 5.74) is -5.13. The van der Waals surface area contributed by atoms with E-state index in [4.69, 9.17) is 5.11 Å². The highest BCUT2D eigenvalue weighted by Gasteiger charge is 2.46. The molecule has 0 atom stereocenters. The quantitative estimate of drug-likeness (QED) is 0.641. The Balaban J connectivity index is 3.72. The molecular weight excluding hydrogens is 249 g/mol. The smallest absolute Gasteiger partial charge is 0.429 e. The molecule has 0 radical (unpaired) electrons. The molecule has 0 bridgehead atoms. The number of alkyl halides is 3. The molecule has 0 aliphatic heterocycles. The number of halogens is 3. The van der Waals surface area contributed by atoms with E-state index in [2.05, 4.69) is 0 Å². The third-order valence-electron chi connectivity index (χ3n) is 1.76. The van der Waals surface area contributed by atoms with Gasteiger partial charge in [0.05, 0.1) is 22.0 Å². The molecule has 7 nitrogen and oxygen atoms in total. The van der Waals surface area contributed by atoms with Crippen LogP contribution in [0.3, 0.4) is 0 Å². The van der Waals surface area contributed by atoms with Crippen molar-refractivity contribution in [1.82, 2.24) is 0 Å². The largest absolute Gasteiger partial charge is 0.507 e. The Morgan fingerprint density at radius 2 is 1.41 bits per heavy atom. The van der Waals surface area contributed by atoms with E-state index < -0.39 is 38.7 Å². The normalized spacial score (nSPS) is 11.2. The van der Waals surface area contributed by atoms with E-state index in [0.717, 1.165) is 0 Å². The van der Waals surface area contributed by atoms with E-state index in [-0.39, 0.29) is 12.1 Å². The number of rotatable bonds is 2. The van der Waals surface area contributed by atoms with Crippen LogP contribution >= 0.6 is 0 Å². The second-order valence-electron chi connectivity index (χ2n) is 2.87. The zero-order chi connectivity index (χ0) is 13.4. The molecule has 0 aromatic heterocycles. The minimum atomic E-state index is -5.27. The number of nitrogens with zero attached hydrogens (tertiary/aromatic N) is 2. The fraction of sp³-hybridized carbons (Fsp3) is 0.143. The van der Waals surface area contributed by atoms with Crippen molar-refractivity contribution in [2.24, 2.45) is 0 Å². The Hall–Kier alpha value is -2.39. The highest BCUT2D eigenvalue weighted by Crippen LogP contribution is 2.43. The number of nitro groups is 2. The molecule has 0 amide bonds. The lowest BCUT2D eigenvalue weighted by molar-refractivity contribution is -0.400. The van der Waals surface area contributed by atoms with Gasteiger partial charge in [0.15, 0.2) is 0 Å². The number of hydrogen-bond acceptors (Lipinski definition) is 5. The number of hydrogen-bond donors (Lipinski definition) is 1. The Bertz CT molecular complexity index is 464. The van der Waals surface area contributed by atoms with Gasteiger partial charge in [-0.25, -0.2) is 0 Å². The Morgan fingerprint density at radius 3 is 1.65 bits per heavy atom. The molecule has 17 heavy (non-hydrogen) atoms. The predicted molar refractivity (Wildman–Crippen MR) is 46.4 cm³/mol. The van der Waals surface area contributed by atoms with Crippen LogP contribution in [-0.4, -0.2) is 15.0 Å². The highest BCUT2D eigenvalue weighted by molar-refractivity contribution is 5.59. The number of nitro benzene ring substituents is 2.